The Balaban J connectivity index is 1.06. The molecular formula is C65H43NS. The highest BCUT2D eigenvalue weighted by molar-refractivity contribution is 7.26. The zero-order valence-corrected chi connectivity index (χ0v) is 37.5. The minimum atomic E-state index is -0.590. The molecule has 0 bridgehead atoms. The van der Waals surface area contributed by atoms with Gasteiger partial charge in [0.25, 0.3) is 0 Å². The van der Waals surface area contributed by atoms with Gasteiger partial charge in [0.05, 0.1) is 5.41 Å². The number of rotatable bonds is 8. The summed E-state index contributed by atoms with van der Waals surface area (Å²) in [7, 11) is 0. The maximum Gasteiger partial charge on any atom is 0.0719 e. The standard InChI is InChI=1S/C65H43NS/c1-5-18-44(19-6-1)45-32-36-51(37-33-45)66(52-38-34-47(35-39-52)55-29-17-30-57-56-28-15-16-31-61(56)67-64(55)57)53-40-41-60-59(43-53)62-58(46-20-7-2-8-21-46)42-48-22-13-14-27-54(48)63(62)65(60,49-23-9-3-10-24-49)50-25-11-4-12-26-50/h1-43H. The lowest BCUT2D eigenvalue weighted by atomic mass is 9.66. The molecule has 314 valence electrons. The second-order valence-electron chi connectivity index (χ2n) is 17.5. The van der Waals surface area contributed by atoms with Crippen LogP contribution in [-0.2, 0) is 5.41 Å². The van der Waals surface area contributed by atoms with Crippen molar-refractivity contribution in [2.75, 3.05) is 4.90 Å². The molecule has 2 heteroatoms. The minimum absolute atomic E-state index is 0.590. The molecular weight excluding hydrogens is 827 g/mol. The van der Waals surface area contributed by atoms with Gasteiger partial charge in [0, 0.05) is 37.2 Å². The molecule has 0 radical (unpaired) electrons. The van der Waals surface area contributed by atoms with Crippen molar-refractivity contribution in [2.45, 2.75) is 5.41 Å². The third kappa shape index (κ3) is 6.29. The van der Waals surface area contributed by atoms with E-state index in [2.05, 4.69) is 266 Å². The van der Waals surface area contributed by atoms with E-state index >= 15 is 0 Å². The molecule has 67 heavy (non-hydrogen) atoms. The summed E-state index contributed by atoms with van der Waals surface area (Å²) in [6.45, 7) is 0. The lowest BCUT2D eigenvalue weighted by Gasteiger charge is -2.35. The molecule has 11 aromatic carbocycles. The van der Waals surface area contributed by atoms with E-state index in [9.17, 15) is 0 Å². The molecule has 0 unspecified atom stereocenters. The van der Waals surface area contributed by atoms with Crippen LogP contribution in [0.1, 0.15) is 22.3 Å². The largest absolute Gasteiger partial charge is 0.310 e. The Morgan fingerprint density at radius 2 is 0.836 bits per heavy atom. The number of hydrogen-bond acceptors (Lipinski definition) is 2. The van der Waals surface area contributed by atoms with Crippen LogP contribution in [0, 0.1) is 0 Å². The molecule has 0 spiro atoms. The third-order valence-electron chi connectivity index (χ3n) is 13.9. The maximum absolute atomic E-state index is 2.47. The third-order valence-corrected chi connectivity index (χ3v) is 15.2. The van der Waals surface area contributed by atoms with E-state index in [1.54, 1.807) is 0 Å². The Kier molecular flexibility index (Phi) is 9.33. The Hall–Kier alpha value is -8.30. The highest BCUT2D eigenvalue weighted by Crippen LogP contribution is 2.61. The predicted octanol–water partition coefficient (Wildman–Crippen LogP) is 18.0. The number of thiophene rings is 1. The number of anilines is 3. The van der Waals surface area contributed by atoms with Crippen molar-refractivity contribution in [2.24, 2.45) is 0 Å². The van der Waals surface area contributed by atoms with Crippen LogP contribution in [-0.4, -0.2) is 0 Å². The molecule has 0 atom stereocenters. The molecule has 12 aromatic rings. The second kappa shape index (κ2) is 16.0. The number of benzene rings is 11. The molecule has 0 saturated heterocycles. The zero-order valence-electron chi connectivity index (χ0n) is 36.7. The van der Waals surface area contributed by atoms with Gasteiger partial charge in [0.15, 0.2) is 0 Å². The minimum Gasteiger partial charge on any atom is -0.310 e. The lowest BCUT2D eigenvalue weighted by molar-refractivity contribution is 0.775. The second-order valence-corrected chi connectivity index (χ2v) is 18.6. The highest BCUT2D eigenvalue weighted by atomic mass is 32.1. The van der Waals surface area contributed by atoms with Crippen molar-refractivity contribution >= 4 is 59.3 Å². The monoisotopic (exact) mass is 869 g/mol. The smallest absolute Gasteiger partial charge is 0.0719 e. The van der Waals surface area contributed by atoms with Gasteiger partial charge >= 0.3 is 0 Å². The fourth-order valence-corrected chi connectivity index (χ4v) is 12.2. The van der Waals surface area contributed by atoms with E-state index in [-0.39, 0.29) is 0 Å². The van der Waals surface area contributed by atoms with Crippen LogP contribution in [0.25, 0.3) is 75.5 Å². The first-order valence-corrected chi connectivity index (χ1v) is 23.9. The topological polar surface area (TPSA) is 3.24 Å². The van der Waals surface area contributed by atoms with Gasteiger partial charge in [-0.15, -0.1) is 11.3 Å². The summed E-state index contributed by atoms with van der Waals surface area (Å²) < 4.78 is 2.64. The number of nitrogens with zero attached hydrogens (tertiary/aromatic N) is 1. The molecule has 0 saturated carbocycles. The molecule has 13 rings (SSSR count). The van der Waals surface area contributed by atoms with Gasteiger partial charge < -0.3 is 4.90 Å². The molecule has 0 N–H and O–H groups in total. The Morgan fingerprint density at radius 3 is 1.51 bits per heavy atom. The molecule has 1 aliphatic rings. The summed E-state index contributed by atoms with van der Waals surface area (Å²) in [4.78, 5) is 2.44. The Morgan fingerprint density at radius 1 is 0.328 bits per heavy atom. The van der Waals surface area contributed by atoms with Crippen LogP contribution >= 0.6 is 11.3 Å². The van der Waals surface area contributed by atoms with E-state index < -0.39 is 5.41 Å². The van der Waals surface area contributed by atoms with Crippen molar-refractivity contribution in [3.8, 4) is 44.5 Å². The van der Waals surface area contributed by atoms with E-state index in [0.717, 1.165) is 17.1 Å². The SMILES string of the molecule is c1ccc(-c2ccc(N(c3ccc(-c4cccc5c4sc4ccccc45)cc3)c3ccc4c(c3)-c3c(-c5ccccc5)cc5ccccc5c3C4(c3ccccc3)c3ccccc3)cc2)cc1. The van der Waals surface area contributed by atoms with Crippen molar-refractivity contribution in [3.63, 3.8) is 0 Å². The van der Waals surface area contributed by atoms with Crippen molar-refractivity contribution in [3.05, 3.63) is 283 Å². The summed E-state index contributed by atoms with van der Waals surface area (Å²) in [5, 5.41) is 5.12. The Bertz CT molecular complexity index is 3720. The average Bonchev–Trinajstić information content (AvgIpc) is 3.95. The normalized spacial score (nSPS) is 12.6. The molecule has 0 aliphatic heterocycles. The van der Waals surface area contributed by atoms with Gasteiger partial charge in [-0.3, -0.25) is 0 Å². The van der Waals surface area contributed by atoms with Crippen molar-refractivity contribution < 1.29 is 0 Å². The highest BCUT2D eigenvalue weighted by Gasteiger charge is 2.48. The van der Waals surface area contributed by atoms with E-state index in [1.807, 2.05) is 11.3 Å². The summed E-state index contributed by atoms with van der Waals surface area (Å²) in [5.41, 5.74) is 17.6. The van der Waals surface area contributed by atoms with E-state index in [4.69, 9.17) is 0 Å². The Labute approximate surface area is 395 Å². The number of hydrogen-bond donors (Lipinski definition) is 0. The van der Waals surface area contributed by atoms with Crippen LogP contribution in [0.5, 0.6) is 0 Å². The van der Waals surface area contributed by atoms with Crippen LogP contribution in [0.3, 0.4) is 0 Å². The van der Waals surface area contributed by atoms with Crippen LogP contribution < -0.4 is 4.90 Å². The molecule has 1 aliphatic carbocycles. The van der Waals surface area contributed by atoms with Gasteiger partial charge in [-0.1, -0.05) is 212 Å². The molecule has 1 aromatic heterocycles. The van der Waals surface area contributed by atoms with E-state index in [0.29, 0.717) is 0 Å². The zero-order chi connectivity index (χ0) is 44.3. The predicted molar refractivity (Wildman–Crippen MR) is 285 cm³/mol. The maximum atomic E-state index is 2.47. The van der Waals surface area contributed by atoms with Gasteiger partial charge in [-0.05, 0) is 126 Å². The van der Waals surface area contributed by atoms with Crippen LogP contribution in [0.2, 0.25) is 0 Å². The lowest BCUT2D eigenvalue weighted by Crippen LogP contribution is -2.29. The first kappa shape index (κ1) is 39.1. The molecule has 1 nitrogen and oxygen atoms in total. The van der Waals surface area contributed by atoms with E-state index in [1.165, 1.54) is 97.7 Å². The van der Waals surface area contributed by atoms with Crippen molar-refractivity contribution in [1.29, 1.82) is 0 Å². The van der Waals surface area contributed by atoms with Gasteiger partial charge in [-0.2, -0.15) is 0 Å². The average molecular weight is 870 g/mol. The fraction of sp³-hybridized carbons (Fsp3) is 0.0154. The number of fused-ring (bicyclic) bond motifs is 8. The quantitative estimate of drug-likeness (QED) is 0.147. The van der Waals surface area contributed by atoms with Gasteiger partial charge in [0.2, 0.25) is 0 Å². The molecule has 1 heterocycles. The first-order chi connectivity index (χ1) is 33.2. The summed E-state index contributed by atoms with van der Waals surface area (Å²) in [6, 6.07) is 96.4. The molecule has 0 amide bonds. The summed E-state index contributed by atoms with van der Waals surface area (Å²) >= 11 is 1.88. The van der Waals surface area contributed by atoms with Crippen LogP contribution in [0.4, 0.5) is 17.1 Å². The van der Waals surface area contributed by atoms with Crippen LogP contribution in [0.15, 0.2) is 261 Å². The van der Waals surface area contributed by atoms with Gasteiger partial charge in [-0.25, -0.2) is 0 Å². The first-order valence-electron chi connectivity index (χ1n) is 23.1. The summed E-state index contributed by atoms with van der Waals surface area (Å²) in [6.07, 6.45) is 0. The van der Waals surface area contributed by atoms with Gasteiger partial charge in [0.1, 0.15) is 0 Å². The van der Waals surface area contributed by atoms with Crippen molar-refractivity contribution in [1.82, 2.24) is 0 Å². The molecule has 0 fully saturated rings. The summed E-state index contributed by atoms with van der Waals surface area (Å²) in [5.74, 6) is 0. The fourth-order valence-electron chi connectivity index (χ4n) is 11.0.